The number of amides is 3. The van der Waals surface area contributed by atoms with Crippen molar-refractivity contribution in [3.8, 4) is 5.75 Å². The van der Waals surface area contributed by atoms with E-state index in [0.29, 0.717) is 13.0 Å². The number of hydrogen-bond acceptors (Lipinski definition) is 4. The number of carbonyl (C=O) groups excluding carboxylic acids is 2. The second kappa shape index (κ2) is 9.43. The third-order valence-corrected chi connectivity index (χ3v) is 4.96. The number of likely N-dealkylation sites (N-methyl/N-ethyl adjacent to an activating group) is 1. The van der Waals surface area contributed by atoms with Crippen molar-refractivity contribution in [2.45, 2.75) is 19.4 Å². The number of methoxy groups -OCH3 is 1. The largest absolute Gasteiger partial charge is 0.496 e. The van der Waals surface area contributed by atoms with Crippen LogP contribution in [0.2, 0.25) is 0 Å². The molecule has 1 atom stereocenters. The number of nitrogens with one attached hydrogen (secondary N) is 1. The Bertz CT molecular complexity index is 615. The van der Waals surface area contributed by atoms with Crippen LogP contribution in [0, 0.1) is 0 Å². The van der Waals surface area contributed by atoms with E-state index in [1.807, 2.05) is 36.1 Å². The molecule has 3 amide bonds. The second-order valence-corrected chi connectivity index (χ2v) is 6.69. The summed E-state index contributed by atoms with van der Waals surface area (Å²) in [5, 5.41) is 2.84. The first-order chi connectivity index (χ1) is 12.4. The number of nitrogens with zero attached hydrogens (tertiary/aromatic N) is 3. The Morgan fingerprint density at radius 1 is 1.23 bits per heavy atom. The molecule has 1 aromatic rings. The Morgan fingerprint density at radius 2 is 1.88 bits per heavy atom. The monoisotopic (exact) mass is 362 g/mol. The zero-order chi connectivity index (χ0) is 19.1. The Hall–Kier alpha value is -2.28. The molecule has 1 saturated heterocycles. The van der Waals surface area contributed by atoms with Crippen molar-refractivity contribution in [1.29, 1.82) is 0 Å². The second-order valence-electron chi connectivity index (χ2n) is 6.69. The third kappa shape index (κ3) is 5.11. The molecule has 2 rings (SSSR count). The molecule has 1 aliphatic heterocycles. The summed E-state index contributed by atoms with van der Waals surface area (Å²) in [5.41, 5.74) is 0.946. The molecule has 0 unspecified atom stereocenters. The van der Waals surface area contributed by atoms with Crippen molar-refractivity contribution in [2.24, 2.45) is 0 Å². The van der Waals surface area contributed by atoms with Crippen LogP contribution in [-0.4, -0.2) is 80.6 Å². The number of rotatable bonds is 6. The molecular formula is C19H30N4O3. The number of piperazine rings is 1. The molecule has 0 spiro atoms. The van der Waals surface area contributed by atoms with Crippen LogP contribution in [0.15, 0.2) is 24.3 Å². The molecule has 144 valence electrons. The lowest BCUT2D eigenvalue weighted by atomic mass is 10.1. The third-order valence-electron chi connectivity index (χ3n) is 4.96. The molecule has 0 aliphatic carbocycles. The van der Waals surface area contributed by atoms with E-state index < -0.39 is 0 Å². The van der Waals surface area contributed by atoms with E-state index in [2.05, 4.69) is 17.3 Å². The fourth-order valence-electron chi connectivity index (χ4n) is 3.01. The van der Waals surface area contributed by atoms with Crippen molar-refractivity contribution < 1.29 is 14.3 Å². The normalized spacial score (nSPS) is 16.1. The van der Waals surface area contributed by atoms with Crippen LogP contribution < -0.4 is 10.1 Å². The number of carbonyl (C=O) groups is 2. The lowest BCUT2D eigenvalue weighted by molar-refractivity contribution is -0.132. The fourth-order valence-corrected chi connectivity index (χ4v) is 3.01. The summed E-state index contributed by atoms with van der Waals surface area (Å²) >= 11 is 0. The minimum atomic E-state index is -0.199. The van der Waals surface area contributed by atoms with Crippen LogP contribution in [0.4, 0.5) is 4.79 Å². The van der Waals surface area contributed by atoms with Gasteiger partial charge in [-0.15, -0.1) is 0 Å². The van der Waals surface area contributed by atoms with E-state index in [1.165, 1.54) is 0 Å². The Kier molecular flexibility index (Phi) is 7.26. The van der Waals surface area contributed by atoms with Crippen LogP contribution in [-0.2, 0) is 4.79 Å². The number of hydrogen-bond donors (Lipinski definition) is 1. The van der Waals surface area contributed by atoms with Gasteiger partial charge in [0.15, 0.2) is 0 Å². The van der Waals surface area contributed by atoms with Crippen molar-refractivity contribution in [3.05, 3.63) is 29.8 Å². The van der Waals surface area contributed by atoms with Crippen LogP contribution >= 0.6 is 0 Å². The van der Waals surface area contributed by atoms with Gasteiger partial charge in [-0.25, -0.2) is 4.79 Å². The molecule has 26 heavy (non-hydrogen) atoms. The summed E-state index contributed by atoms with van der Waals surface area (Å²) in [4.78, 5) is 30.3. The summed E-state index contributed by atoms with van der Waals surface area (Å²) in [7, 11) is 5.42. The highest BCUT2D eigenvalue weighted by molar-refractivity contribution is 5.78. The van der Waals surface area contributed by atoms with E-state index in [9.17, 15) is 9.59 Å². The quantitative estimate of drug-likeness (QED) is 0.834. The van der Waals surface area contributed by atoms with Gasteiger partial charge in [0.1, 0.15) is 5.75 Å². The summed E-state index contributed by atoms with van der Waals surface area (Å²) in [6.07, 6.45) is 0.326. The van der Waals surface area contributed by atoms with E-state index >= 15 is 0 Å². The minimum Gasteiger partial charge on any atom is -0.496 e. The topological polar surface area (TPSA) is 65.1 Å². The SMILES string of the molecule is COc1ccccc1[C@@H](C)N(C)C(=O)NCCC(=O)N1CCN(C)CC1. The number of urea groups is 1. The number of para-hydroxylation sites is 1. The van der Waals surface area contributed by atoms with E-state index in [4.69, 9.17) is 4.74 Å². The summed E-state index contributed by atoms with van der Waals surface area (Å²) in [6, 6.07) is 7.32. The van der Waals surface area contributed by atoms with Crippen molar-refractivity contribution in [1.82, 2.24) is 20.0 Å². The average Bonchev–Trinajstić information content (AvgIpc) is 2.67. The predicted octanol–water partition coefficient (Wildman–Crippen LogP) is 1.56. The van der Waals surface area contributed by atoms with Gasteiger partial charge in [-0.3, -0.25) is 4.79 Å². The standard InChI is InChI=1S/C19H30N4O3/c1-15(16-7-5-6-8-17(16)26-4)22(3)19(25)20-10-9-18(24)23-13-11-21(2)12-14-23/h5-8,15H,9-14H2,1-4H3,(H,20,25)/t15-/m1/s1. The van der Waals surface area contributed by atoms with Crippen LogP contribution in [0.25, 0.3) is 0 Å². The maximum Gasteiger partial charge on any atom is 0.317 e. The summed E-state index contributed by atoms with van der Waals surface area (Å²) < 4.78 is 5.37. The molecule has 0 radical (unpaired) electrons. The Labute approximate surface area is 155 Å². The van der Waals surface area contributed by atoms with Crippen molar-refractivity contribution in [2.75, 3.05) is 53.9 Å². The number of benzene rings is 1. The first kappa shape index (κ1) is 20.0. The molecule has 0 saturated carbocycles. The Balaban J connectivity index is 1.80. The van der Waals surface area contributed by atoms with Crippen LogP contribution in [0.1, 0.15) is 24.9 Å². The molecule has 0 bridgehead atoms. The van der Waals surface area contributed by atoms with Gasteiger partial charge in [0.05, 0.1) is 13.2 Å². The highest BCUT2D eigenvalue weighted by Crippen LogP contribution is 2.27. The first-order valence-electron chi connectivity index (χ1n) is 9.04. The number of ether oxygens (including phenoxy) is 1. The van der Waals surface area contributed by atoms with Gasteiger partial charge >= 0.3 is 6.03 Å². The maximum absolute atomic E-state index is 12.4. The first-order valence-corrected chi connectivity index (χ1v) is 9.04. The average molecular weight is 362 g/mol. The summed E-state index contributed by atoms with van der Waals surface area (Å²) in [5.74, 6) is 0.851. The van der Waals surface area contributed by atoms with Gasteiger partial charge in [0, 0.05) is 51.8 Å². The molecular weight excluding hydrogens is 332 g/mol. The highest BCUT2D eigenvalue weighted by atomic mass is 16.5. The lowest BCUT2D eigenvalue weighted by Gasteiger charge is -2.32. The molecule has 1 N–H and O–H groups in total. The summed E-state index contributed by atoms with van der Waals surface area (Å²) in [6.45, 7) is 5.61. The van der Waals surface area contributed by atoms with Gasteiger partial charge in [0.25, 0.3) is 0 Å². The maximum atomic E-state index is 12.4. The Morgan fingerprint density at radius 3 is 2.54 bits per heavy atom. The smallest absolute Gasteiger partial charge is 0.317 e. The lowest BCUT2D eigenvalue weighted by Crippen LogP contribution is -2.48. The van der Waals surface area contributed by atoms with Crippen LogP contribution in [0.5, 0.6) is 5.75 Å². The molecule has 7 heteroatoms. The molecule has 0 aromatic heterocycles. The van der Waals surface area contributed by atoms with E-state index in [0.717, 1.165) is 37.5 Å². The highest BCUT2D eigenvalue weighted by Gasteiger charge is 2.21. The molecule has 1 aromatic carbocycles. The molecule has 1 fully saturated rings. The zero-order valence-electron chi connectivity index (χ0n) is 16.2. The van der Waals surface area contributed by atoms with Crippen LogP contribution in [0.3, 0.4) is 0 Å². The van der Waals surface area contributed by atoms with Gasteiger partial charge in [-0.05, 0) is 20.0 Å². The minimum absolute atomic E-state index is 0.0961. The van der Waals surface area contributed by atoms with Gasteiger partial charge in [-0.2, -0.15) is 0 Å². The fraction of sp³-hybridized carbons (Fsp3) is 0.579. The predicted molar refractivity (Wildman–Crippen MR) is 101 cm³/mol. The van der Waals surface area contributed by atoms with Gasteiger partial charge < -0.3 is 24.8 Å². The van der Waals surface area contributed by atoms with Gasteiger partial charge in [0.2, 0.25) is 5.91 Å². The van der Waals surface area contributed by atoms with Gasteiger partial charge in [-0.1, -0.05) is 18.2 Å². The van der Waals surface area contributed by atoms with E-state index in [1.54, 1.807) is 19.1 Å². The molecule has 1 heterocycles. The molecule has 7 nitrogen and oxygen atoms in total. The zero-order valence-corrected chi connectivity index (χ0v) is 16.2. The van der Waals surface area contributed by atoms with E-state index in [-0.39, 0.29) is 18.0 Å². The molecule has 1 aliphatic rings. The van der Waals surface area contributed by atoms with Crippen molar-refractivity contribution >= 4 is 11.9 Å². The van der Waals surface area contributed by atoms with Crippen molar-refractivity contribution in [3.63, 3.8) is 0 Å².